The van der Waals surface area contributed by atoms with Gasteiger partial charge in [0.05, 0.1) is 0 Å². The third kappa shape index (κ3) is 9.66. The van der Waals surface area contributed by atoms with Gasteiger partial charge in [-0.3, -0.25) is 19.4 Å². The summed E-state index contributed by atoms with van der Waals surface area (Å²) in [5.74, 6) is 0.464. The maximum atomic E-state index is 14.1. The Kier molecular flexibility index (Phi) is 11.9. The van der Waals surface area contributed by atoms with Crippen LogP contribution in [0.3, 0.4) is 0 Å². The summed E-state index contributed by atoms with van der Waals surface area (Å²) in [6, 6.07) is 33.0. The Morgan fingerprint density at radius 2 is 1.10 bits per heavy atom. The third-order valence-corrected chi connectivity index (χ3v) is 10.1. The average molecular weight is 693 g/mol. The predicted molar refractivity (Wildman–Crippen MR) is 203 cm³/mol. The van der Waals surface area contributed by atoms with Gasteiger partial charge in [0, 0.05) is 71.6 Å². The number of likely N-dealkylation sites (tertiary alicyclic amines) is 1. The standard InChI is InChI=1S/C42H43Cl2N3O2/c1-45-22-24-47(25-23-45)30-38(27-32-12-16-40(44)17-13-32)42(49)36-9-5-8-35(28-36)33-18-20-46(21-19-33)29-37(26-31-10-14-39(43)15-11-31)41(48)34-6-3-2-4-7-34/h2-17,26-28,33H,18-25,29-30H2,1H3/b37-26+,38-27+. The largest absolute Gasteiger partial charge is 0.304 e. The molecular formula is C42H43Cl2N3O2. The Morgan fingerprint density at radius 3 is 1.65 bits per heavy atom. The van der Waals surface area contributed by atoms with Crippen LogP contribution in [0.25, 0.3) is 12.2 Å². The van der Waals surface area contributed by atoms with E-state index in [9.17, 15) is 9.59 Å². The van der Waals surface area contributed by atoms with E-state index in [2.05, 4.69) is 33.9 Å². The number of likely N-dealkylation sites (N-methyl/N-ethyl adjacent to an activating group) is 1. The average Bonchev–Trinajstić information content (AvgIpc) is 3.14. The van der Waals surface area contributed by atoms with Crippen molar-refractivity contribution in [2.75, 3.05) is 59.4 Å². The molecule has 2 aliphatic rings. The fourth-order valence-electron chi connectivity index (χ4n) is 6.69. The van der Waals surface area contributed by atoms with Crippen LogP contribution in [-0.4, -0.2) is 85.7 Å². The van der Waals surface area contributed by atoms with E-state index in [0.29, 0.717) is 34.6 Å². The lowest BCUT2D eigenvalue weighted by Crippen LogP contribution is -2.45. The number of benzene rings is 4. The molecule has 2 aliphatic heterocycles. The minimum absolute atomic E-state index is 0.0444. The van der Waals surface area contributed by atoms with Crippen molar-refractivity contribution in [1.29, 1.82) is 0 Å². The van der Waals surface area contributed by atoms with E-state index in [0.717, 1.165) is 79.9 Å². The van der Waals surface area contributed by atoms with Gasteiger partial charge < -0.3 is 4.90 Å². The predicted octanol–water partition coefficient (Wildman–Crippen LogP) is 8.65. The van der Waals surface area contributed by atoms with Crippen molar-refractivity contribution in [2.24, 2.45) is 0 Å². The van der Waals surface area contributed by atoms with Crippen molar-refractivity contribution in [2.45, 2.75) is 18.8 Å². The highest BCUT2D eigenvalue weighted by Crippen LogP contribution is 2.30. The van der Waals surface area contributed by atoms with Crippen LogP contribution in [0, 0.1) is 0 Å². The number of hydrogen-bond donors (Lipinski definition) is 0. The molecular weight excluding hydrogens is 649 g/mol. The number of Topliss-reactive ketones (excluding diaryl/α,β-unsaturated/α-hetero) is 2. The molecule has 0 spiro atoms. The zero-order chi connectivity index (χ0) is 34.2. The van der Waals surface area contributed by atoms with Gasteiger partial charge in [-0.15, -0.1) is 0 Å². The van der Waals surface area contributed by atoms with Crippen LogP contribution in [0.2, 0.25) is 10.0 Å². The summed E-state index contributed by atoms with van der Waals surface area (Å²) in [5.41, 5.74) is 6.11. The SMILES string of the molecule is CN1CCN(C/C(=C\c2ccc(Cl)cc2)C(=O)c2cccc(C3CCN(C/C(=C\c4ccc(Cl)cc4)C(=O)c4ccccc4)CC3)c2)CC1. The van der Waals surface area contributed by atoms with Gasteiger partial charge >= 0.3 is 0 Å². The minimum atomic E-state index is 0.0444. The van der Waals surface area contributed by atoms with Gasteiger partial charge in [-0.25, -0.2) is 0 Å². The Balaban J connectivity index is 1.15. The molecule has 0 unspecified atom stereocenters. The molecule has 2 fully saturated rings. The smallest absolute Gasteiger partial charge is 0.190 e. The van der Waals surface area contributed by atoms with Gasteiger partial charge in [0.15, 0.2) is 11.6 Å². The van der Waals surface area contributed by atoms with Gasteiger partial charge in [0.2, 0.25) is 0 Å². The molecule has 2 saturated heterocycles. The van der Waals surface area contributed by atoms with Crippen molar-refractivity contribution in [3.63, 3.8) is 0 Å². The summed E-state index contributed by atoms with van der Waals surface area (Å²) < 4.78 is 0. The van der Waals surface area contributed by atoms with Gasteiger partial charge in [-0.2, -0.15) is 0 Å². The molecule has 0 amide bonds. The fraction of sp³-hybridized carbons (Fsp3) is 0.286. The number of rotatable bonds is 11. The summed E-state index contributed by atoms with van der Waals surface area (Å²) >= 11 is 12.3. The highest BCUT2D eigenvalue weighted by atomic mass is 35.5. The number of piperazine rings is 1. The first-order chi connectivity index (χ1) is 23.8. The van der Waals surface area contributed by atoms with Crippen molar-refractivity contribution < 1.29 is 9.59 Å². The summed E-state index contributed by atoms with van der Waals surface area (Å²) in [5, 5.41) is 1.35. The molecule has 0 bridgehead atoms. The van der Waals surface area contributed by atoms with E-state index < -0.39 is 0 Å². The van der Waals surface area contributed by atoms with Crippen LogP contribution in [0.15, 0.2) is 114 Å². The van der Waals surface area contributed by atoms with E-state index in [1.54, 1.807) is 0 Å². The molecule has 4 aromatic rings. The lowest BCUT2D eigenvalue weighted by molar-refractivity contribution is 0.101. The molecule has 5 nitrogen and oxygen atoms in total. The fourth-order valence-corrected chi connectivity index (χ4v) is 6.94. The summed E-state index contributed by atoms with van der Waals surface area (Å²) in [7, 11) is 2.14. The summed E-state index contributed by atoms with van der Waals surface area (Å²) in [6.45, 7) is 6.80. The number of carbonyl (C=O) groups excluding carboxylic acids is 2. The normalized spacial score (nSPS) is 17.3. The first-order valence-corrected chi connectivity index (χ1v) is 17.9. The van der Waals surface area contributed by atoms with Crippen molar-refractivity contribution >= 4 is 46.9 Å². The van der Waals surface area contributed by atoms with E-state index in [-0.39, 0.29) is 11.6 Å². The molecule has 49 heavy (non-hydrogen) atoms. The number of carbonyl (C=O) groups is 2. The Bertz CT molecular complexity index is 1790. The summed E-state index contributed by atoms with van der Waals surface area (Å²) in [6.07, 6.45) is 5.93. The van der Waals surface area contributed by atoms with Gasteiger partial charge in [0.1, 0.15) is 0 Å². The van der Waals surface area contributed by atoms with Crippen LogP contribution in [0.4, 0.5) is 0 Å². The molecule has 4 aromatic carbocycles. The lowest BCUT2D eigenvalue weighted by Gasteiger charge is -2.33. The van der Waals surface area contributed by atoms with Crippen LogP contribution in [0.1, 0.15) is 56.2 Å². The molecule has 7 heteroatoms. The second-order valence-electron chi connectivity index (χ2n) is 13.2. The number of piperidine rings is 1. The van der Waals surface area contributed by atoms with Crippen LogP contribution >= 0.6 is 23.2 Å². The topological polar surface area (TPSA) is 43.9 Å². The lowest BCUT2D eigenvalue weighted by atomic mass is 9.87. The van der Waals surface area contributed by atoms with E-state index in [4.69, 9.17) is 23.2 Å². The van der Waals surface area contributed by atoms with E-state index in [1.807, 2.05) is 103 Å². The van der Waals surface area contributed by atoms with Crippen LogP contribution < -0.4 is 0 Å². The molecule has 0 N–H and O–H groups in total. The zero-order valence-corrected chi connectivity index (χ0v) is 29.5. The highest BCUT2D eigenvalue weighted by Gasteiger charge is 2.25. The number of halogens is 2. The third-order valence-electron chi connectivity index (χ3n) is 9.63. The molecule has 0 aliphatic carbocycles. The van der Waals surface area contributed by atoms with Gasteiger partial charge in [-0.1, -0.05) is 96.0 Å². The number of ketones is 2. The Hall–Kier alpha value is -3.84. The maximum absolute atomic E-state index is 14.1. The molecule has 0 saturated carbocycles. The van der Waals surface area contributed by atoms with Crippen LogP contribution in [0.5, 0.6) is 0 Å². The zero-order valence-electron chi connectivity index (χ0n) is 28.0. The van der Waals surface area contributed by atoms with E-state index in [1.165, 1.54) is 5.56 Å². The first kappa shape index (κ1) is 35.0. The minimum Gasteiger partial charge on any atom is -0.304 e. The van der Waals surface area contributed by atoms with Crippen molar-refractivity contribution in [3.8, 4) is 0 Å². The molecule has 0 atom stereocenters. The Labute approximate surface area is 300 Å². The maximum Gasteiger partial charge on any atom is 0.190 e. The highest BCUT2D eigenvalue weighted by molar-refractivity contribution is 6.30. The monoisotopic (exact) mass is 691 g/mol. The van der Waals surface area contributed by atoms with Crippen LogP contribution in [-0.2, 0) is 0 Å². The van der Waals surface area contributed by atoms with Gasteiger partial charge in [-0.05, 0) is 98.1 Å². The van der Waals surface area contributed by atoms with E-state index >= 15 is 0 Å². The molecule has 6 rings (SSSR count). The molecule has 0 aromatic heterocycles. The molecule has 0 radical (unpaired) electrons. The number of nitrogens with zero attached hydrogens (tertiary/aromatic N) is 3. The quantitative estimate of drug-likeness (QED) is 0.116. The summed E-state index contributed by atoms with van der Waals surface area (Å²) in [4.78, 5) is 34.8. The molecule has 2 heterocycles. The second-order valence-corrected chi connectivity index (χ2v) is 14.1. The van der Waals surface area contributed by atoms with Crippen molar-refractivity contribution in [3.05, 3.63) is 152 Å². The number of hydrogen-bond acceptors (Lipinski definition) is 5. The Morgan fingerprint density at radius 1 is 0.612 bits per heavy atom. The second kappa shape index (κ2) is 16.7. The first-order valence-electron chi connectivity index (χ1n) is 17.1. The van der Waals surface area contributed by atoms with Gasteiger partial charge in [0.25, 0.3) is 0 Å². The molecule has 252 valence electrons. The van der Waals surface area contributed by atoms with Crippen molar-refractivity contribution in [1.82, 2.24) is 14.7 Å².